The van der Waals surface area contributed by atoms with Gasteiger partial charge in [0.1, 0.15) is 6.04 Å². The molecule has 148 valence electrons. The van der Waals surface area contributed by atoms with Crippen LogP contribution in [0.1, 0.15) is 33.6 Å². The van der Waals surface area contributed by atoms with E-state index in [1.165, 1.54) is 45.0 Å². The Labute approximate surface area is 157 Å². The van der Waals surface area contributed by atoms with Crippen LogP contribution in [0.15, 0.2) is 29.2 Å². The second-order valence-electron chi connectivity index (χ2n) is 6.41. The first-order valence-electron chi connectivity index (χ1n) is 8.49. The van der Waals surface area contributed by atoms with E-state index in [9.17, 15) is 22.8 Å². The number of carbonyl (C=O) groups excluding carboxylic acids is 3. The van der Waals surface area contributed by atoms with Crippen LogP contribution >= 0.6 is 0 Å². The lowest BCUT2D eigenvalue weighted by molar-refractivity contribution is -0.156. The maximum absolute atomic E-state index is 12.4. The molecule has 0 saturated heterocycles. The molecule has 0 radical (unpaired) electrons. The standard InChI is InChI=1S/C17H23N3O6S/c1-10(17(23)26-11(2)16(22)19-14-4-5-14)20-27(24,25)15-8-6-13(7-9-15)18-12(3)21/h6-11,14,20H,4-5H2,1-3H3,(H,18,21)(H,19,22)/t10-,11+/m0/s1. The van der Waals surface area contributed by atoms with Crippen LogP contribution in [0.5, 0.6) is 0 Å². The zero-order valence-electron chi connectivity index (χ0n) is 15.3. The first-order valence-corrected chi connectivity index (χ1v) is 9.97. The molecule has 1 aromatic carbocycles. The molecule has 0 unspecified atom stereocenters. The Kier molecular flexibility index (Phi) is 6.55. The molecule has 27 heavy (non-hydrogen) atoms. The molecule has 0 bridgehead atoms. The van der Waals surface area contributed by atoms with E-state index in [1.807, 2.05) is 0 Å². The van der Waals surface area contributed by atoms with Gasteiger partial charge in [0.05, 0.1) is 4.90 Å². The number of anilines is 1. The monoisotopic (exact) mass is 397 g/mol. The fourth-order valence-corrected chi connectivity index (χ4v) is 3.34. The third-order valence-corrected chi connectivity index (χ3v) is 5.31. The van der Waals surface area contributed by atoms with Gasteiger partial charge in [0.25, 0.3) is 5.91 Å². The maximum atomic E-state index is 12.4. The molecule has 1 aliphatic carbocycles. The fraction of sp³-hybridized carbons (Fsp3) is 0.471. The minimum Gasteiger partial charge on any atom is -0.451 e. The molecule has 2 amide bonds. The number of carbonyl (C=O) groups is 3. The minimum atomic E-state index is -3.98. The highest BCUT2D eigenvalue weighted by atomic mass is 32.2. The van der Waals surface area contributed by atoms with Crippen molar-refractivity contribution in [2.45, 2.75) is 56.7 Å². The molecule has 10 heteroatoms. The predicted octanol–water partition coefficient (Wildman–Crippen LogP) is 0.522. The van der Waals surface area contributed by atoms with Gasteiger partial charge in [-0.25, -0.2) is 8.42 Å². The van der Waals surface area contributed by atoms with E-state index in [2.05, 4.69) is 15.4 Å². The lowest BCUT2D eigenvalue weighted by Crippen LogP contribution is -2.43. The van der Waals surface area contributed by atoms with Gasteiger partial charge in [-0.3, -0.25) is 14.4 Å². The third kappa shape index (κ3) is 6.33. The van der Waals surface area contributed by atoms with Crippen molar-refractivity contribution in [3.8, 4) is 0 Å². The minimum absolute atomic E-state index is 0.0734. The summed E-state index contributed by atoms with van der Waals surface area (Å²) < 4.78 is 32.0. The molecule has 2 rings (SSSR count). The summed E-state index contributed by atoms with van der Waals surface area (Å²) in [6, 6.07) is 4.43. The largest absolute Gasteiger partial charge is 0.451 e. The Bertz CT molecular complexity index is 818. The van der Waals surface area contributed by atoms with E-state index in [1.54, 1.807) is 0 Å². The predicted molar refractivity (Wildman–Crippen MR) is 97.2 cm³/mol. The summed E-state index contributed by atoms with van der Waals surface area (Å²) in [6.07, 6.45) is 0.800. The Morgan fingerprint density at radius 3 is 2.22 bits per heavy atom. The fourth-order valence-electron chi connectivity index (χ4n) is 2.15. The zero-order valence-corrected chi connectivity index (χ0v) is 16.1. The quantitative estimate of drug-likeness (QED) is 0.548. The highest BCUT2D eigenvalue weighted by molar-refractivity contribution is 7.89. The lowest BCUT2D eigenvalue weighted by atomic mass is 10.3. The molecular weight excluding hydrogens is 374 g/mol. The molecule has 1 fully saturated rings. The van der Waals surface area contributed by atoms with Gasteiger partial charge in [0.2, 0.25) is 15.9 Å². The summed E-state index contributed by atoms with van der Waals surface area (Å²) in [5.41, 5.74) is 0.449. The normalized spacial score (nSPS) is 16.1. The smallest absolute Gasteiger partial charge is 0.324 e. The lowest BCUT2D eigenvalue weighted by Gasteiger charge is -2.17. The van der Waals surface area contributed by atoms with E-state index in [0.717, 1.165) is 12.8 Å². The average molecular weight is 397 g/mol. The Hall–Kier alpha value is -2.46. The van der Waals surface area contributed by atoms with E-state index < -0.39 is 34.0 Å². The molecule has 0 aliphatic heterocycles. The van der Waals surface area contributed by atoms with Crippen molar-refractivity contribution in [2.24, 2.45) is 0 Å². The molecule has 1 aliphatic rings. The van der Waals surface area contributed by atoms with Gasteiger partial charge in [-0.05, 0) is 51.0 Å². The van der Waals surface area contributed by atoms with Crippen LogP contribution in [0.3, 0.4) is 0 Å². The van der Waals surface area contributed by atoms with Gasteiger partial charge in [0.15, 0.2) is 6.10 Å². The van der Waals surface area contributed by atoms with Crippen molar-refractivity contribution in [3.05, 3.63) is 24.3 Å². The highest BCUT2D eigenvalue weighted by Gasteiger charge is 2.29. The second kappa shape index (κ2) is 8.49. The first kappa shape index (κ1) is 20.8. The molecule has 9 nitrogen and oxygen atoms in total. The highest BCUT2D eigenvalue weighted by Crippen LogP contribution is 2.19. The van der Waals surface area contributed by atoms with Crippen molar-refractivity contribution in [2.75, 3.05) is 5.32 Å². The van der Waals surface area contributed by atoms with Gasteiger partial charge in [-0.15, -0.1) is 0 Å². The van der Waals surface area contributed by atoms with Crippen molar-refractivity contribution in [3.63, 3.8) is 0 Å². The number of amides is 2. The summed E-state index contributed by atoms with van der Waals surface area (Å²) in [4.78, 5) is 34.8. The number of hydrogen-bond donors (Lipinski definition) is 3. The molecule has 0 spiro atoms. The first-order chi connectivity index (χ1) is 12.6. The number of ether oxygens (including phenoxy) is 1. The second-order valence-corrected chi connectivity index (χ2v) is 8.12. The Morgan fingerprint density at radius 2 is 1.70 bits per heavy atom. The average Bonchev–Trinajstić information content (AvgIpc) is 3.38. The van der Waals surface area contributed by atoms with Crippen LogP contribution in [0.4, 0.5) is 5.69 Å². The van der Waals surface area contributed by atoms with Gasteiger partial charge in [0, 0.05) is 18.7 Å². The van der Waals surface area contributed by atoms with Crippen molar-refractivity contribution < 1.29 is 27.5 Å². The van der Waals surface area contributed by atoms with Gasteiger partial charge in [-0.1, -0.05) is 0 Å². The maximum Gasteiger partial charge on any atom is 0.324 e. The molecule has 0 aromatic heterocycles. The number of esters is 1. The van der Waals surface area contributed by atoms with Crippen LogP contribution in [-0.4, -0.2) is 44.4 Å². The van der Waals surface area contributed by atoms with E-state index in [-0.39, 0.29) is 16.8 Å². The SMILES string of the molecule is CC(=O)Nc1ccc(S(=O)(=O)N[C@@H](C)C(=O)O[C@H](C)C(=O)NC2CC2)cc1. The van der Waals surface area contributed by atoms with E-state index >= 15 is 0 Å². The number of sulfonamides is 1. The number of rotatable bonds is 8. The molecule has 2 atom stereocenters. The van der Waals surface area contributed by atoms with Gasteiger partial charge < -0.3 is 15.4 Å². The summed E-state index contributed by atoms with van der Waals surface area (Å²) in [7, 11) is -3.98. The van der Waals surface area contributed by atoms with Crippen LogP contribution in [0.25, 0.3) is 0 Å². The van der Waals surface area contributed by atoms with Gasteiger partial charge in [-0.2, -0.15) is 4.72 Å². The molecule has 3 N–H and O–H groups in total. The van der Waals surface area contributed by atoms with Crippen LogP contribution < -0.4 is 15.4 Å². The third-order valence-electron chi connectivity index (χ3n) is 3.76. The number of hydrogen-bond acceptors (Lipinski definition) is 6. The Balaban J connectivity index is 1.93. The number of nitrogens with one attached hydrogen (secondary N) is 3. The molecule has 1 saturated carbocycles. The van der Waals surface area contributed by atoms with Crippen LogP contribution in [0.2, 0.25) is 0 Å². The van der Waals surface area contributed by atoms with E-state index in [0.29, 0.717) is 5.69 Å². The summed E-state index contributed by atoms with van der Waals surface area (Å²) in [6.45, 7) is 4.10. The van der Waals surface area contributed by atoms with Crippen LogP contribution in [0, 0.1) is 0 Å². The summed E-state index contributed by atoms with van der Waals surface area (Å²) in [5.74, 6) is -1.54. The zero-order chi connectivity index (χ0) is 20.2. The topological polar surface area (TPSA) is 131 Å². The number of benzene rings is 1. The van der Waals surface area contributed by atoms with Crippen LogP contribution in [-0.2, 0) is 29.1 Å². The molecular formula is C17H23N3O6S. The summed E-state index contributed by atoms with van der Waals surface area (Å²) in [5, 5.41) is 5.23. The van der Waals surface area contributed by atoms with Gasteiger partial charge >= 0.3 is 5.97 Å². The van der Waals surface area contributed by atoms with Crippen molar-refractivity contribution >= 4 is 33.5 Å². The van der Waals surface area contributed by atoms with Crippen molar-refractivity contribution in [1.82, 2.24) is 10.0 Å². The van der Waals surface area contributed by atoms with E-state index in [4.69, 9.17) is 4.74 Å². The summed E-state index contributed by atoms with van der Waals surface area (Å²) >= 11 is 0. The Morgan fingerprint density at radius 1 is 1.11 bits per heavy atom. The molecule has 1 aromatic rings. The van der Waals surface area contributed by atoms with Crippen molar-refractivity contribution in [1.29, 1.82) is 0 Å². The molecule has 0 heterocycles.